The zero-order chi connectivity index (χ0) is 13.7. The lowest BCUT2D eigenvalue weighted by Gasteiger charge is -2.38. The zero-order valence-electron chi connectivity index (χ0n) is 12.5. The quantitative estimate of drug-likeness (QED) is 0.837. The number of piperidine rings is 2. The maximum atomic E-state index is 12.0. The summed E-state index contributed by atoms with van der Waals surface area (Å²) in [6.07, 6.45) is 6.82. The van der Waals surface area contributed by atoms with Crippen molar-refractivity contribution in [1.82, 2.24) is 15.1 Å². The number of nitrogens with zero attached hydrogens (tertiary/aromatic N) is 2. The largest absolute Gasteiger partial charge is 0.338 e. The Balaban J connectivity index is 1.80. The van der Waals surface area contributed by atoms with Crippen molar-refractivity contribution in [2.75, 3.05) is 33.2 Å². The van der Waals surface area contributed by atoms with Crippen molar-refractivity contribution in [3.8, 4) is 0 Å². The Morgan fingerprint density at radius 2 is 2.05 bits per heavy atom. The van der Waals surface area contributed by atoms with Gasteiger partial charge in [-0.3, -0.25) is 4.79 Å². The van der Waals surface area contributed by atoms with Crippen LogP contribution in [0.4, 0.5) is 0 Å². The molecule has 0 aliphatic carbocycles. The number of nitrogens with one attached hydrogen (secondary N) is 1. The van der Waals surface area contributed by atoms with Crippen LogP contribution in [0.1, 0.15) is 45.4 Å². The van der Waals surface area contributed by atoms with Crippen LogP contribution in [-0.2, 0) is 4.79 Å². The van der Waals surface area contributed by atoms with Crippen LogP contribution in [-0.4, -0.2) is 61.0 Å². The first kappa shape index (κ1) is 14.8. The highest BCUT2D eigenvalue weighted by atomic mass is 16.2. The molecule has 2 atom stereocenters. The number of rotatable bonds is 4. The van der Waals surface area contributed by atoms with E-state index in [1.807, 2.05) is 6.92 Å². The fourth-order valence-corrected chi connectivity index (χ4v) is 3.38. The Morgan fingerprint density at radius 3 is 2.79 bits per heavy atom. The lowest BCUT2D eigenvalue weighted by Crippen LogP contribution is -2.52. The molecule has 2 saturated heterocycles. The van der Waals surface area contributed by atoms with E-state index < -0.39 is 0 Å². The van der Waals surface area contributed by atoms with E-state index in [9.17, 15) is 4.79 Å². The summed E-state index contributed by atoms with van der Waals surface area (Å²) in [6, 6.07) is 1.03. The van der Waals surface area contributed by atoms with Crippen LogP contribution < -0.4 is 5.32 Å². The second-order valence-electron chi connectivity index (χ2n) is 6.10. The summed E-state index contributed by atoms with van der Waals surface area (Å²) in [5.74, 6) is 0.326. The molecule has 2 aliphatic heterocycles. The smallest absolute Gasteiger partial charge is 0.222 e. The molecule has 2 aliphatic rings. The highest BCUT2D eigenvalue weighted by Gasteiger charge is 2.26. The Labute approximate surface area is 117 Å². The second kappa shape index (κ2) is 7.25. The zero-order valence-corrected chi connectivity index (χ0v) is 12.5. The van der Waals surface area contributed by atoms with Crippen LogP contribution in [0.25, 0.3) is 0 Å². The van der Waals surface area contributed by atoms with Gasteiger partial charge in [-0.05, 0) is 45.7 Å². The van der Waals surface area contributed by atoms with Gasteiger partial charge in [0.25, 0.3) is 0 Å². The number of amides is 1. The van der Waals surface area contributed by atoms with Crippen molar-refractivity contribution in [1.29, 1.82) is 0 Å². The molecule has 0 aromatic heterocycles. The van der Waals surface area contributed by atoms with E-state index in [1.54, 1.807) is 0 Å². The van der Waals surface area contributed by atoms with Crippen molar-refractivity contribution in [3.05, 3.63) is 0 Å². The molecule has 19 heavy (non-hydrogen) atoms. The molecule has 110 valence electrons. The molecule has 2 unspecified atom stereocenters. The van der Waals surface area contributed by atoms with Crippen LogP contribution in [0.5, 0.6) is 0 Å². The van der Waals surface area contributed by atoms with Gasteiger partial charge in [0.1, 0.15) is 0 Å². The molecule has 1 N–H and O–H groups in total. The first-order chi connectivity index (χ1) is 9.20. The number of carbonyl (C=O) groups is 1. The number of carbonyl (C=O) groups excluding carboxylic acids is 1. The second-order valence-corrected chi connectivity index (χ2v) is 6.10. The monoisotopic (exact) mass is 267 g/mol. The van der Waals surface area contributed by atoms with Crippen LogP contribution >= 0.6 is 0 Å². The number of likely N-dealkylation sites (tertiary alicyclic amines) is 2. The van der Waals surface area contributed by atoms with E-state index >= 15 is 0 Å². The highest BCUT2D eigenvalue weighted by Crippen LogP contribution is 2.18. The van der Waals surface area contributed by atoms with Gasteiger partial charge in [0.2, 0.25) is 5.91 Å². The van der Waals surface area contributed by atoms with Gasteiger partial charge in [0.15, 0.2) is 0 Å². The summed E-state index contributed by atoms with van der Waals surface area (Å²) in [5.41, 5.74) is 0. The Kier molecular flexibility index (Phi) is 5.64. The molecule has 0 saturated carbocycles. The third kappa shape index (κ3) is 4.18. The molecular formula is C15H29N3O. The summed E-state index contributed by atoms with van der Waals surface area (Å²) in [5, 5.41) is 3.70. The van der Waals surface area contributed by atoms with E-state index in [1.165, 1.54) is 38.6 Å². The average Bonchev–Trinajstić information content (AvgIpc) is 2.45. The van der Waals surface area contributed by atoms with E-state index in [0.717, 1.165) is 19.6 Å². The standard InChI is InChI=1S/C15H29N3O/c1-3-15(19)18-10-5-4-8-14(18)11-16-13-7-6-9-17(2)12-13/h13-14,16H,3-12H2,1-2H3. The van der Waals surface area contributed by atoms with Crippen LogP contribution in [0.15, 0.2) is 0 Å². The molecule has 0 bridgehead atoms. The average molecular weight is 267 g/mol. The Morgan fingerprint density at radius 1 is 1.21 bits per heavy atom. The van der Waals surface area contributed by atoms with Gasteiger partial charge in [-0.25, -0.2) is 0 Å². The third-order valence-corrected chi connectivity index (χ3v) is 4.52. The van der Waals surface area contributed by atoms with Crippen molar-refractivity contribution in [3.63, 3.8) is 0 Å². The third-order valence-electron chi connectivity index (χ3n) is 4.52. The topological polar surface area (TPSA) is 35.6 Å². The maximum absolute atomic E-state index is 12.0. The summed E-state index contributed by atoms with van der Waals surface area (Å²) in [6.45, 7) is 6.28. The van der Waals surface area contributed by atoms with E-state index in [4.69, 9.17) is 0 Å². The van der Waals surface area contributed by atoms with E-state index in [2.05, 4.69) is 22.2 Å². The molecule has 0 radical (unpaired) electrons. The van der Waals surface area contributed by atoms with Gasteiger partial charge >= 0.3 is 0 Å². The first-order valence-corrected chi connectivity index (χ1v) is 7.92. The van der Waals surface area contributed by atoms with Crippen molar-refractivity contribution >= 4 is 5.91 Å². The molecule has 4 nitrogen and oxygen atoms in total. The summed E-state index contributed by atoms with van der Waals surface area (Å²) in [4.78, 5) is 16.5. The summed E-state index contributed by atoms with van der Waals surface area (Å²) < 4.78 is 0. The molecule has 2 fully saturated rings. The normalized spacial score (nSPS) is 29.5. The maximum Gasteiger partial charge on any atom is 0.222 e. The molecule has 0 spiro atoms. The number of likely N-dealkylation sites (N-methyl/N-ethyl adjacent to an activating group) is 1. The number of hydrogen-bond acceptors (Lipinski definition) is 3. The molecule has 2 heterocycles. The fourth-order valence-electron chi connectivity index (χ4n) is 3.38. The minimum absolute atomic E-state index is 0.326. The molecule has 4 heteroatoms. The minimum Gasteiger partial charge on any atom is -0.338 e. The van der Waals surface area contributed by atoms with Gasteiger partial charge in [-0.2, -0.15) is 0 Å². The van der Waals surface area contributed by atoms with E-state index in [-0.39, 0.29) is 0 Å². The predicted molar refractivity (Wildman–Crippen MR) is 78.2 cm³/mol. The van der Waals surface area contributed by atoms with Crippen LogP contribution in [0.3, 0.4) is 0 Å². The summed E-state index contributed by atoms with van der Waals surface area (Å²) >= 11 is 0. The van der Waals surface area contributed by atoms with Crippen molar-refractivity contribution in [2.45, 2.75) is 57.5 Å². The van der Waals surface area contributed by atoms with Crippen molar-refractivity contribution < 1.29 is 4.79 Å². The van der Waals surface area contributed by atoms with Gasteiger partial charge in [0.05, 0.1) is 0 Å². The van der Waals surface area contributed by atoms with Crippen molar-refractivity contribution in [2.24, 2.45) is 0 Å². The van der Waals surface area contributed by atoms with E-state index in [0.29, 0.717) is 24.4 Å². The summed E-state index contributed by atoms with van der Waals surface area (Å²) in [7, 11) is 2.20. The molecule has 0 aromatic carbocycles. The molecule has 1 amide bonds. The SMILES string of the molecule is CCC(=O)N1CCCCC1CNC1CCCN(C)C1. The lowest BCUT2D eigenvalue weighted by molar-refractivity contribution is -0.134. The Bertz CT molecular complexity index is 295. The Hall–Kier alpha value is -0.610. The number of hydrogen-bond donors (Lipinski definition) is 1. The molecule has 0 aromatic rings. The van der Waals surface area contributed by atoms with Crippen LogP contribution in [0.2, 0.25) is 0 Å². The first-order valence-electron chi connectivity index (χ1n) is 7.92. The molecule has 2 rings (SSSR count). The molecular weight excluding hydrogens is 238 g/mol. The van der Waals surface area contributed by atoms with Gasteiger partial charge in [-0.15, -0.1) is 0 Å². The van der Waals surface area contributed by atoms with Gasteiger partial charge in [-0.1, -0.05) is 6.92 Å². The highest BCUT2D eigenvalue weighted by molar-refractivity contribution is 5.76. The van der Waals surface area contributed by atoms with Gasteiger partial charge < -0.3 is 15.1 Å². The van der Waals surface area contributed by atoms with Crippen LogP contribution in [0, 0.1) is 0 Å². The fraction of sp³-hybridized carbons (Fsp3) is 0.933. The minimum atomic E-state index is 0.326. The predicted octanol–water partition coefficient (Wildman–Crippen LogP) is 1.46. The van der Waals surface area contributed by atoms with Gasteiger partial charge in [0, 0.05) is 38.1 Å². The lowest BCUT2D eigenvalue weighted by atomic mass is 10.00.